The second kappa shape index (κ2) is 7.48. The van der Waals surface area contributed by atoms with Gasteiger partial charge in [0, 0.05) is 41.5 Å². The summed E-state index contributed by atoms with van der Waals surface area (Å²) in [5.41, 5.74) is 3.54. The maximum Gasteiger partial charge on any atom is 0.192 e. The van der Waals surface area contributed by atoms with Crippen molar-refractivity contribution in [3.63, 3.8) is 0 Å². The molecule has 0 amide bonds. The number of aromatic amines is 1. The van der Waals surface area contributed by atoms with Gasteiger partial charge in [0.25, 0.3) is 0 Å². The van der Waals surface area contributed by atoms with Crippen LogP contribution < -0.4 is 0 Å². The maximum absolute atomic E-state index is 12.5. The van der Waals surface area contributed by atoms with Crippen LogP contribution in [0.15, 0.2) is 48.4 Å². The van der Waals surface area contributed by atoms with Gasteiger partial charge in [-0.1, -0.05) is 17.8 Å². The van der Waals surface area contributed by atoms with E-state index in [1.807, 2.05) is 36.6 Å². The van der Waals surface area contributed by atoms with Crippen molar-refractivity contribution in [3.8, 4) is 11.4 Å². The molecule has 0 radical (unpaired) electrons. The van der Waals surface area contributed by atoms with E-state index in [1.54, 1.807) is 18.5 Å². The molecule has 0 bridgehead atoms. The zero-order valence-corrected chi connectivity index (χ0v) is 15.0. The zero-order chi connectivity index (χ0) is 17.8. The van der Waals surface area contributed by atoms with E-state index in [0.29, 0.717) is 17.5 Å². The Labute approximate surface area is 150 Å². The lowest BCUT2D eigenvalue weighted by atomic mass is 10.2. The van der Waals surface area contributed by atoms with Crippen LogP contribution in [0.1, 0.15) is 21.7 Å². The molecule has 0 aromatic carbocycles. The molecule has 0 aliphatic rings. The van der Waals surface area contributed by atoms with Gasteiger partial charge in [-0.25, -0.2) is 0 Å². The van der Waals surface area contributed by atoms with Crippen LogP contribution in [0.4, 0.5) is 0 Å². The molecule has 1 N–H and O–H groups in total. The number of nitrogens with one attached hydrogen (secondary N) is 1. The molecule has 0 unspecified atom stereocenters. The van der Waals surface area contributed by atoms with Gasteiger partial charge in [-0.05, 0) is 32.0 Å². The Morgan fingerprint density at radius 2 is 2.08 bits per heavy atom. The predicted octanol–water partition coefficient (Wildman–Crippen LogP) is 3.45. The minimum absolute atomic E-state index is 0.0745. The van der Waals surface area contributed by atoms with Crippen molar-refractivity contribution < 1.29 is 4.79 Å². The highest BCUT2D eigenvalue weighted by atomic mass is 32.2. The molecule has 0 aliphatic carbocycles. The highest BCUT2D eigenvalue weighted by Crippen LogP contribution is 2.24. The number of carbonyl (C=O) groups is 1. The maximum atomic E-state index is 12.5. The standard InChI is InChI=1S/C18H19N5OS/c1-4-9-23-17(14-5-7-19-8-6-14)21-22-18(23)25-11-16(24)15-10-12(2)20-13(15)3/h4-8,10,20H,1,9,11H2,2-3H3. The first kappa shape index (κ1) is 17.2. The topological polar surface area (TPSA) is 76.5 Å². The van der Waals surface area contributed by atoms with E-state index in [2.05, 4.69) is 26.7 Å². The molecule has 0 saturated heterocycles. The largest absolute Gasteiger partial charge is 0.362 e. The molecule has 128 valence electrons. The van der Waals surface area contributed by atoms with Crippen molar-refractivity contribution in [2.75, 3.05) is 5.75 Å². The third-order valence-electron chi connectivity index (χ3n) is 3.75. The Hall–Kier alpha value is -2.67. The number of aromatic nitrogens is 5. The van der Waals surface area contributed by atoms with Gasteiger partial charge in [0.2, 0.25) is 0 Å². The van der Waals surface area contributed by atoms with E-state index in [1.165, 1.54) is 11.8 Å². The number of nitrogens with zero attached hydrogens (tertiary/aromatic N) is 4. The smallest absolute Gasteiger partial charge is 0.192 e. The number of thioether (sulfide) groups is 1. The quantitative estimate of drug-likeness (QED) is 0.400. The van der Waals surface area contributed by atoms with Gasteiger partial charge in [0.1, 0.15) is 0 Å². The lowest BCUT2D eigenvalue weighted by Crippen LogP contribution is -2.06. The second-order valence-electron chi connectivity index (χ2n) is 5.64. The Balaban J connectivity index is 1.81. The van der Waals surface area contributed by atoms with Crippen molar-refractivity contribution in [1.29, 1.82) is 0 Å². The number of hydrogen-bond acceptors (Lipinski definition) is 5. The van der Waals surface area contributed by atoms with Crippen molar-refractivity contribution in [2.24, 2.45) is 0 Å². The average molecular weight is 353 g/mol. The van der Waals surface area contributed by atoms with Gasteiger partial charge in [-0.2, -0.15) is 0 Å². The number of carbonyl (C=O) groups excluding carboxylic acids is 1. The lowest BCUT2D eigenvalue weighted by molar-refractivity contribution is 0.102. The lowest BCUT2D eigenvalue weighted by Gasteiger charge is -2.07. The predicted molar refractivity (Wildman–Crippen MR) is 98.8 cm³/mol. The van der Waals surface area contributed by atoms with Crippen molar-refractivity contribution in [2.45, 2.75) is 25.5 Å². The van der Waals surface area contributed by atoms with Crippen LogP contribution in [0.25, 0.3) is 11.4 Å². The fourth-order valence-corrected chi connectivity index (χ4v) is 3.46. The summed E-state index contributed by atoms with van der Waals surface area (Å²) >= 11 is 1.39. The molecule has 3 aromatic heterocycles. The summed E-state index contributed by atoms with van der Waals surface area (Å²) in [5.74, 6) is 1.13. The van der Waals surface area contributed by atoms with Gasteiger partial charge in [-0.3, -0.25) is 14.3 Å². The van der Waals surface area contributed by atoms with E-state index in [-0.39, 0.29) is 5.78 Å². The number of hydrogen-bond donors (Lipinski definition) is 1. The van der Waals surface area contributed by atoms with E-state index in [4.69, 9.17) is 0 Å². The summed E-state index contributed by atoms with van der Waals surface area (Å²) in [6.07, 6.45) is 5.23. The van der Waals surface area contributed by atoms with Crippen LogP contribution in [0.5, 0.6) is 0 Å². The Bertz CT molecular complexity index is 898. The first-order valence-corrected chi connectivity index (χ1v) is 8.85. The molecule has 6 nitrogen and oxygen atoms in total. The van der Waals surface area contributed by atoms with Crippen LogP contribution >= 0.6 is 11.8 Å². The molecular weight excluding hydrogens is 334 g/mol. The van der Waals surface area contributed by atoms with Crippen molar-refractivity contribution in [1.82, 2.24) is 24.7 Å². The fourth-order valence-electron chi connectivity index (χ4n) is 2.63. The summed E-state index contributed by atoms with van der Waals surface area (Å²) in [7, 11) is 0. The first-order valence-electron chi connectivity index (χ1n) is 7.87. The van der Waals surface area contributed by atoms with Gasteiger partial charge in [0.15, 0.2) is 16.8 Å². The molecule has 3 rings (SSSR count). The molecule has 3 aromatic rings. The molecule has 0 fully saturated rings. The van der Waals surface area contributed by atoms with E-state index in [0.717, 1.165) is 28.3 Å². The molecule has 25 heavy (non-hydrogen) atoms. The van der Waals surface area contributed by atoms with Gasteiger partial charge < -0.3 is 4.98 Å². The Kier molecular flexibility index (Phi) is 5.14. The minimum Gasteiger partial charge on any atom is -0.362 e. The molecule has 0 aliphatic heterocycles. The fraction of sp³-hybridized carbons (Fsp3) is 0.222. The van der Waals surface area contributed by atoms with Gasteiger partial charge in [0.05, 0.1) is 5.75 Å². The number of rotatable bonds is 7. The molecular formula is C18H19N5OS. The Morgan fingerprint density at radius 1 is 1.32 bits per heavy atom. The highest BCUT2D eigenvalue weighted by molar-refractivity contribution is 7.99. The Morgan fingerprint density at radius 3 is 2.72 bits per heavy atom. The van der Waals surface area contributed by atoms with Crippen LogP contribution in [0, 0.1) is 13.8 Å². The summed E-state index contributed by atoms with van der Waals surface area (Å²) in [4.78, 5) is 19.7. The van der Waals surface area contributed by atoms with E-state index >= 15 is 0 Å². The van der Waals surface area contributed by atoms with Gasteiger partial charge >= 0.3 is 0 Å². The normalized spacial score (nSPS) is 10.8. The number of allylic oxidation sites excluding steroid dienone is 1. The van der Waals surface area contributed by atoms with E-state index in [9.17, 15) is 4.79 Å². The average Bonchev–Trinajstić information content (AvgIpc) is 3.16. The second-order valence-corrected chi connectivity index (χ2v) is 6.59. The van der Waals surface area contributed by atoms with Crippen LogP contribution in [-0.4, -0.2) is 36.3 Å². The molecule has 0 saturated carbocycles. The molecule has 0 atom stereocenters. The zero-order valence-electron chi connectivity index (χ0n) is 14.2. The number of Topliss-reactive ketones (excluding diaryl/α,β-unsaturated/α-hetero) is 1. The summed E-state index contributed by atoms with van der Waals surface area (Å²) < 4.78 is 1.95. The van der Waals surface area contributed by atoms with Crippen molar-refractivity contribution >= 4 is 17.5 Å². The molecule has 7 heteroatoms. The molecule has 3 heterocycles. The van der Waals surface area contributed by atoms with E-state index < -0.39 is 0 Å². The van der Waals surface area contributed by atoms with Crippen LogP contribution in [0.3, 0.4) is 0 Å². The first-order chi connectivity index (χ1) is 12.1. The SMILES string of the molecule is C=CCn1c(SCC(=O)c2cc(C)[nH]c2C)nnc1-c1ccncc1. The third-order valence-corrected chi connectivity index (χ3v) is 4.72. The summed E-state index contributed by atoms with van der Waals surface area (Å²) in [5, 5.41) is 9.23. The summed E-state index contributed by atoms with van der Waals surface area (Å²) in [6.45, 7) is 8.22. The third kappa shape index (κ3) is 3.71. The number of pyridine rings is 1. The number of H-pyrrole nitrogens is 1. The van der Waals surface area contributed by atoms with Crippen molar-refractivity contribution in [3.05, 3.63) is 60.2 Å². The van der Waals surface area contributed by atoms with Gasteiger partial charge in [-0.15, -0.1) is 16.8 Å². The number of ketones is 1. The van der Waals surface area contributed by atoms with Crippen LogP contribution in [0.2, 0.25) is 0 Å². The summed E-state index contributed by atoms with van der Waals surface area (Å²) in [6, 6.07) is 5.65. The van der Waals surface area contributed by atoms with Crippen LogP contribution in [-0.2, 0) is 6.54 Å². The minimum atomic E-state index is 0.0745. The molecule has 0 spiro atoms. The highest BCUT2D eigenvalue weighted by Gasteiger charge is 2.17. The monoisotopic (exact) mass is 353 g/mol. The number of aryl methyl sites for hydroxylation is 2.